The molecule has 5 fully saturated rings. The molecule has 0 spiro atoms. The van der Waals surface area contributed by atoms with Crippen molar-refractivity contribution in [2.45, 2.75) is 119 Å². The van der Waals surface area contributed by atoms with E-state index in [0.29, 0.717) is 41.6 Å². The van der Waals surface area contributed by atoms with Gasteiger partial charge >= 0.3 is 0 Å². The molecule has 3 heteroatoms. The zero-order valence-electron chi connectivity index (χ0n) is 22.5. The fourth-order valence-corrected chi connectivity index (χ4v) is 11.2. The number of fused-ring (bicyclic) bond motifs is 7. The number of carbonyl (C=O) groups excluding carboxylic acids is 1. The van der Waals surface area contributed by atoms with Gasteiger partial charge in [0.05, 0.1) is 0 Å². The standard InChI is InChI=1S/C30H50O3/c1-19-24(33)20(32)16-22-27(19,4)9-8-21-28(22,5)13-15-30(7)23-17-25(2,18-31)10-11-26(23,3)12-14-29(21,30)6/h19-23,31-32H,8-18H2,1-7H3/t19-,20+,21?,22?,23?,25+,26+,27+,28+,29+,30-/m0/s1. The van der Waals surface area contributed by atoms with Crippen LogP contribution in [0.25, 0.3) is 0 Å². The Hall–Kier alpha value is -0.410. The molecule has 0 bridgehead atoms. The Morgan fingerprint density at radius 3 is 2.06 bits per heavy atom. The van der Waals surface area contributed by atoms with Crippen molar-refractivity contribution >= 4 is 5.78 Å². The van der Waals surface area contributed by atoms with Gasteiger partial charge in [-0.05, 0) is 114 Å². The van der Waals surface area contributed by atoms with Crippen molar-refractivity contribution in [3.05, 3.63) is 0 Å². The fraction of sp³-hybridized carbons (Fsp3) is 0.967. The molecule has 0 saturated heterocycles. The zero-order valence-corrected chi connectivity index (χ0v) is 22.5. The van der Waals surface area contributed by atoms with Crippen LogP contribution in [0.15, 0.2) is 0 Å². The Bertz CT molecular complexity index is 838. The second-order valence-electron chi connectivity index (χ2n) is 15.2. The molecule has 5 rings (SSSR count). The highest BCUT2D eigenvalue weighted by molar-refractivity contribution is 5.86. The van der Waals surface area contributed by atoms with Crippen LogP contribution in [-0.4, -0.2) is 28.7 Å². The second kappa shape index (κ2) is 7.09. The van der Waals surface area contributed by atoms with Gasteiger partial charge in [-0.15, -0.1) is 0 Å². The number of aliphatic hydroxyl groups excluding tert-OH is 2. The first-order valence-electron chi connectivity index (χ1n) is 14.0. The summed E-state index contributed by atoms with van der Waals surface area (Å²) in [5.74, 6) is 1.80. The molecule has 11 atom stereocenters. The van der Waals surface area contributed by atoms with Gasteiger partial charge in [-0.3, -0.25) is 4.79 Å². The van der Waals surface area contributed by atoms with E-state index in [9.17, 15) is 15.0 Å². The Labute approximate surface area is 202 Å². The molecule has 2 N–H and O–H groups in total. The average molecular weight is 459 g/mol. The predicted octanol–water partition coefficient (Wildman–Crippen LogP) is 6.40. The maximum Gasteiger partial charge on any atom is 0.164 e. The van der Waals surface area contributed by atoms with Gasteiger partial charge in [0.25, 0.3) is 0 Å². The van der Waals surface area contributed by atoms with E-state index >= 15 is 0 Å². The minimum atomic E-state index is -0.770. The third-order valence-electron chi connectivity index (χ3n) is 14.0. The highest BCUT2D eigenvalue weighted by Gasteiger charge is 2.71. The van der Waals surface area contributed by atoms with E-state index in [2.05, 4.69) is 48.5 Å². The summed E-state index contributed by atoms with van der Waals surface area (Å²) in [5.41, 5.74) is 1.27. The van der Waals surface area contributed by atoms with Crippen molar-refractivity contribution in [3.8, 4) is 0 Å². The summed E-state index contributed by atoms with van der Waals surface area (Å²) in [6, 6.07) is 0. The van der Waals surface area contributed by atoms with Crippen LogP contribution >= 0.6 is 0 Å². The van der Waals surface area contributed by atoms with E-state index in [1.807, 2.05) is 0 Å². The number of ketones is 1. The zero-order chi connectivity index (χ0) is 24.2. The van der Waals surface area contributed by atoms with Crippen LogP contribution in [-0.2, 0) is 4.79 Å². The lowest BCUT2D eigenvalue weighted by atomic mass is 9.30. The van der Waals surface area contributed by atoms with Gasteiger partial charge < -0.3 is 10.2 Å². The van der Waals surface area contributed by atoms with Crippen LogP contribution in [0.4, 0.5) is 0 Å². The highest BCUT2D eigenvalue weighted by Crippen LogP contribution is 2.78. The van der Waals surface area contributed by atoms with Gasteiger partial charge in [0.15, 0.2) is 5.78 Å². The first-order valence-corrected chi connectivity index (χ1v) is 14.0. The summed E-state index contributed by atoms with van der Waals surface area (Å²) in [6.07, 6.45) is 10.9. The number of aliphatic hydroxyl groups is 2. The van der Waals surface area contributed by atoms with E-state index in [1.54, 1.807) is 0 Å². The van der Waals surface area contributed by atoms with Crippen LogP contribution < -0.4 is 0 Å². The van der Waals surface area contributed by atoms with Gasteiger partial charge in [0, 0.05) is 12.5 Å². The number of carbonyl (C=O) groups is 1. The molecule has 0 aromatic carbocycles. The third-order valence-corrected chi connectivity index (χ3v) is 14.0. The van der Waals surface area contributed by atoms with Crippen molar-refractivity contribution < 1.29 is 15.0 Å². The summed E-state index contributed by atoms with van der Waals surface area (Å²) in [4.78, 5) is 12.8. The molecule has 0 aromatic rings. The van der Waals surface area contributed by atoms with Crippen LogP contribution in [0, 0.1) is 56.2 Å². The van der Waals surface area contributed by atoms with E-state index in [4.69, 9.17) is 0 Å². The van der Waals surface area contributed by atoms with E-state index in [0.717, 1.165) is 12.8 Å². The van der Waals surface area contributed by atoms with Crippen LogP contribution in [0.1, 0.15) is 113 Å². The van der Waals surface area contributed by atoms with Crippen LogP contribution in [0.3, 0.4) is 0 Å². The molecule has 0 aliphatic heterocycles. The quantitative estimate of drug-likeness (QED) is 0.478. The van der Waals surface area contributed by atoms with Gasteiger partial charge in [-0.25, -0.2) is 0 Å². The monoisotopic (exact) mass is 458 g/mol. The van der Waals surface area contributed by atoms with Crippen LogP contribution in [0.5, 0.6) is 0 Å². The smallest absolute Gasteiger partial charge is 0.164 e. The van der Waals surface area contributed by atoms with E-state index < -0.39 is 6.10 Å². The molecular weight excluding hydrogens is 408 g/mol. The first-order chi connectivity index (χ1) is 15.2. The lowest BCUT2D eigenvalue weighted by Crippen LogP contribution is -2.68. The second-order valence-corrected chi connectivity index (χ2v) is 15.2. The molecule has 3 unspecified atom stereocenters. The number of hydrogen-bond donors (Lipinski definition) is 2. The highest BCUT2D eigenvalue weighted by atomic mass is 16.3. The maximum absolute atomic E-state index is 12.8. The van der Waals surface area contributed by atoms with Crippen molar-refractivity contribution in [1.29, 1.82) is 0 Å². The van der Waals surface area contributed by atoms with Gasteiger partial charge in [-0.1, -0.05) is 48.5 Å². The number of hydrogen-bond acceptors (Lipinski definition) is 3. The molecule has 3 nitrogen and oxygen atoms in total. The van der Waals surface area contributed by atoms with Crippen molar-refractivity contribution in [1.82, 2.24) is 0 Å². The maximum atomic E-state index is 12.8. The predicted molar refractivity (Wildman–Crippen MR) is 133 cm³/mol. The average Bonchev–Trinajstić information content (AvgIpc) is 2.77. The van der Waals surface area contributed by atoms with Gasteiger partial charge in [0.1, 0.15) is 6.10 Å². The molecule has 5 aliphatic rings. The van der Waals surface area contributed by atoms with E-state index in [-0.39, 0.29) is 33.4 Å². The Morgan fingerprint density at radius 1 is 0.788 bits per heavy atom. The molecule has 188 valence electrons. The Balaban J connectivity index is 1.55. The van der Waals surface area contributed by atoms with Gasteiger partial charge in [-0.2, -0.15) is 0 Å². The van der Waals surface area contributed by atoms with Gasteiger partial charge in [0.2, 0.25) is 0 Å². The summed E-state index contributed by atoms with van der Waals surface area (Å²) in [6.45, 7) is 17.5. The first kappa shape index (κ1) is 24.3. The lowest BCUT2D eigenvalue weighted by molar-refractivity contribution is -0.261. The molecule has 0 radical (unpaired) electrons. The fourth-order valence-electron chi connectivity index (χ4n) is 11.2. The molecule has 0 amide bonds. The largest absolute Gasteiger partial charge is 0.396 e. The topological polar surface area (TPSA) is 57.5 Å². The minimum Gasteiger partial charge on any atom is -0.396 e. The molecular formula is C30H50O3. The van der Waals surface area contributed by atoms with Crippen molar-refractivity contribution in [3.63, 3.8) is 0 Å². The summed E-state index contributed by atoms with van der Waals surface area (Å²) in [5, 5.41) is 21.0. The molecule has 5 aliphatic carbocycles. The molecule has 0 heterocycles. The van der Waals surface area contributed by atoms with E-state index in [1.165, 1.54) is 44.9 Å². The van der Waals surface area contributed by atoms with Crippen molar-refractivity contribution in [2.24, 2.45) is 56.2 Å². The number of Topliss-reactive ketones (excluding diaryl/α,β-unsaturated/α-hetero) is 1. The van der Waals surface area contributed by atoms with Crippen LogP contribution in [0.2, 0.25) is 0 Å². The Kier molecular flexibility index (Phi) is 5.22. The van der Waals surface area contributed by atoms with Crippen molar-refractivity contribution in [2.75, 3.05) is 6.61 Å². The summed E-state index contributed by atoms with van der Waals surface area (Å²) < 4.78 is 0. The SMILES string of the molecule is C[C@H]1C(=O)[C@H](O)CC2[C@]3(C)CC[C@@]4(C)C5C[C@](C)(CO)CC[C@]5(C)CC[C@]4(C)C3CC[C@@]21C. The third kappa shape index (κ3) is 2.90. The molecule has 5 saturated carbocycles. The summed E-state index contributed by atoms with van der Waals surface area (Å²) >= 11 is 0. The molecule has 33 heavy (non-hydrogen) atoms. The Morgan fingerprint density at radius 2 is 1.39 bits per heavy atom. The minimum absolute atomic E-state index is 0.0230. The normalized spacial score (nSPS) is 60.9. The number of rotatable bonds is 1. The summed E-state index contributed by atoms with van der Waals surface area (Å²) in [7, 11) is 0. The molecule has 0 aromatic heterocycles. The lowest BCUT2D eigenvalue weighted by Gasteiger charge is -2.75.